The van der Waals surface area contributed by atoms with Gasteiger partial charge >= 0.3 is 0 Å². The van der Waals surface area contributed by atoms with Gasteiger partial charge in [0.05, 0.1) is 23.6 Å². The standard InChI is InChI=1S/C15H17N5S/c1-10-8-14(21-11(10)2)15(18-16)13-9-17-19-20(13)12-6-4-3-5-7-12/h3-9,15,18H,16H2,1-2H3. The number of aryl methyl sites for hydroxylation is 2. The minimum absolute atomic E-state index is 0.127. The zero-order valence-corrected chi connectivity index (χ0v) is 12.8. The van der Waals surface area contributed by atoms with Crippen molar-refractivity contribution < 1.29 is 0 Å². The second-order valence-electron chi connectivity index (χ2n) is 4.89. The lowest BCUT2D eigenvalue weighted by Gasteiger charge is -2.15. The number of hydrogen-bond donors (Lipinski definition) is 2. The number of rotatable bonds is 4. The highest BCUT2D eigenvalue weighted by atomic mass is 32.1. The fourth-order valence-electron chi connectivity index (χ4n) is 2.27. The van der Waals surface area contributed by atoms with Crippen LogP contribution in [0.1, 0.15) is 27.1 Å². The van der Waals surface area contributed by atoms with Crippen LogP contribution in [-0.2, 0) is 0 Å². The van der Waals surface area contributed by atoms with Crippen molar-refractivity contribution in [3.63, 3.8) is 0 Å². The van der Waals surface area contributed by atoms with E-state index in [1.165, 1.54) is 10.4 Å². The zero-order chi connectivity index (χ0) is 14.8. The molecule has 0 radical (unpaired) electrons. The third-order valence-electron chi connectivity index (χ3n) is 3.51. The molecule has 0 amide bonds. The first-order valence-electron chi connectivity index (χ1n) is 6.70. The Kier molecular flexibility index (Phi) is 3.83. The highest BCUT2D eigenvalue weighted by molar-refractivity contribution is 7.12. The molecule has 1 aromatic carbocycles. The first-order chi connectivity index (χ1) is 10.2. The number of para-hydroxylation sites is 1. The summed E-state index contributed by atoms with van der Waals surface area (Å²) < 4.78 is 1.81. The van der Waals surface area contributed by atoms with Crippen LogP contribution < -0.4 is 11.3 Å². The molecule has 0 fully saturated rings. The van der Waals surface area contributed by atoms with Gasteiger partial charge in [0.2, 0.25) is 0 Å². The van der Waals surface area contributed by atoms with Crippen molar-refractivity contribution in [2.45, 2.75) is 19.9 Å². The van der Waals surface area contributed by atoms with Crippen LogP contribution in [0.5, 0.6) is 0 Å². The lowest BCUT2D eigenvalue weighted by molar-refractivity contribution is 0.603. The molecular formula is C15H17N5S. The second-order valence-corrected chi connectivity index (χ2v) is 6.18. The number of nitrogens with two attached hydrogens (primary N) is 1. The number of nitrogens with zero attached hydrogens (tertiary/aromatic N) is 3. The van der Waals surface area contributed by atoms with Gasteiger partial charge in [-0.1, -0.05) is 23.4 Å². The van der Waals surface area contributed by atoms with Crippen molar-refractivity contribution in [2.75, 3.05) is 0 Å². The Hall–Kier alpha value is -2.02. The minimum Gasteiger partial charge on any atom is -0.270 e. The predicted octanol–water partition coefficient (Wildman–Crippen LogP) is 2.50. The number of hydrazine groups is 1. The molecule has 0 spiro atoms. The maximum Gasteiger partial charge on any atom is 0.0991 e. The van der Waals surface area contributed by atoms with Gasteiger partial charge in [0.15, 0.2) is 0 Å². The molecule has 21 heavy (non-hydrogen) atoms. The van der Waals surface area contributed by atoms with Crippen molar-refractivity contribution in [3.8, 4) is 5.69 Å². The number of thiophene rings is 1. The summed E-state index contributed by atoms with van der Waals surface area (Å²) in [5.41, 5.74) is 6.04. The van der Waals surface area contributed by atoms with Gasteiger partial charge in [0, 0.05) is 9.75 Å². The normalized spacial score (nSPS) is 12.5. The van der Waals surface area contributed by atoms with Gasteiger partial charge in [-0.15, -0.1) is 16.4 Å². The molecule has 0 saturated carbocycles. The maximum absolute atomic E-state index is 5.79. The highest BCUT2D eigenvalue weighted by Crippen LogP contribution is 2.30. The quantitative estimate of drug-likeness (QED) is 0.574. The van der Waals surface area contributed by atoms with Gasteiger partial charge in [0.25, 0.3) is 0 Å². The summed E-state index contributed by atoms with van der Waals surface area (Å²) in [6, 6.07) is 12.0. The van der Waals surface area contributed by atoms with E-state index in [9.17, 15) is 0 Å². The Balaban J connectivity index is 2.05. The van der Waals surface area contributed by atoms with Crippen LogP contribution in [0.4, 0.5) is 0 Å². The van der Waals surface area contributed by atoms with Gasteiger partial charge < -0.3 is 0 Å². The number of hydrogen-bond acceptors (Lipinski definition) is 5. The molecule has 2 aromatic heterocycles. The van der Waals surface area contributed by atoms with Crippen LogP contribution in [0.15, 0.2) is 42.6 Å². The molecule has 2 heterocycles. The van der Waals surface area contributed by atoms with E-state index in [-0.39, 0.29) is 6.04 Å². The molecule has 0 saturated heterocycles. The van der Waals surface area contributed by atoms with E-state index in [0.717, 1.165) is 16.3 Å². The number of nitrogens with one attached hydrogen (secondary N) is 1. The summed E-state index contributed by atoms with van der Waals surface area (Å²) in [5.74, 6) is 5.79. The van der Waals surface area contributed by atoms with Crippen LogP contribution >= 0.6 is 11.3 Å². The van der Waals surface area contributed by atoms with Gasteiger partial charge in [-0.2, -0.15) is 0 Å². The van der Waals surface area contributed by atoms with Crippen molar-refractivity contribution >= 4 is 11.3 Å². The Labute approximate surface area is 127 Å². The summed E-state index contributed by atoms with van der Waals surface area (Å²) >= 11 is 1.74. The molecule has 3 N–H and O–H groups in total. The van der Waals surface area contributed by atoms with E-state index < -0.39 is 0 Å². The van der Waals surface area contributed by atoms with Gasteiger partial charge in [-0.25, -0.2) is 10.1 Å². The Morgan fingerprint density at radius 2 is 2.00 bits per heavy atom. The third-order valence-corrected chi connectivity index (χ3v) is 4.73. The van der Waals surface area contributed by atoms with Crippen LogP contribution in [0.3, 0.4) is 0 Å². The van der Waals surface area contributed by atoms with Crippen LogP contribution in [0.2, 0.25) is 0 Å². The average Bonchev–Trinajstić information content (AvgIpc) is 3.09. The Morgan fingerprint density at radius 3 is 2.62 bits per heavy atom. The van der Waals surface area contributed by atoms with Gasteiger partial charge in [0.1, 0.15) is 0 Å². The first-order valence-corrected chi connectivity index (χ1v) is 7.51. The third kappa shape index (κ3) is 2.61. The summed E-state index contributed by atoms with van der Waals surface area (Å²) in [6.07, 6.45) is 1.75. The molecule has 0 aliphatic rings. The average molecular weight is 299 g/mol. The minimum atomic E-state index is -0.127. The van der Waals surface area contributed by atoms with E-state index in [1.807, 2.05) is 35.0 Å². The monoisotopic (exact) mass is 299 g/mol. The Bertz CT molecular complexity index is 712. The molecular weight excluding hydrogens is 282 g/mol. The molecule has 3 aromatic rings. The summed E-state index contributed by atoms with van der Waals surface area (Å²) in [4.78, 5) is 2.45. The molecule has 6 heteroatoms. The zero-order valence-electron chi connectivity index (χ0n) is 11.9. The Morgan fingerprint density at radius 1 is 1.24 bits per heavy atom. The van der Waals surface area contributed by atoms with Gasteiger partial charge in [-0.3, -0.25) is 5.84 Å². The summed E-state index contributed by atoms with van der Waals surface area (Å²) in [7, 11) is 0. The molecule has 1 atom stereocenters. The number of aromatic nitrogens is 3. The summed E-state index contributed by atoms with van der Waals surface area (Å²) in [5, 5.41) is 8.23. The van der Waals surface area contributed by atoms with E-state index in [2.05, 4.69) is 35.7 Å². The highest BCUT2D eigenvalue weighted by Gasteiger charge is 2.21. The SMILES string of the molecule is Cc1cc(C(NN)c2cnnn2-c2ccccc2)sc1C. The molecule has 108 valence electrons. The van der Waals surface area contributed by atoms with Gasteiger partial charge in [-0.05, 0) is 37.6 Å². The lowest BCUT2D eigenvalue weighted by atomic mass is 10.1. The molecule has 0 aliphatic heterocycles. The smallest absolute Gasteiger partial charge is 0.0991 e. The fraction of sp³-hybridized carbons (Fsp3) is 0.200. The lowest BCUT2D eigenvalue weighted by Crippen LogP contribution is -2.30. The number of benzene rings is 1. The van der Waals surface area contributed by atoms with Crippen LogP contribution in [-0.4, -0.2) is 15.0 Å². The molecule has 0 aliphatic carbocycles. The maximum atomic E-state index is 5.79. The van der Waals surface area contributed by atoms with Crippen molar-refractivity contribution in [2.24, 2.45) is 5.84 Å². The van der Waals surface area contributed by atoms with E-state index in [0.29, 0.717) is 0 Å². The van der Waals surface area contributed by atoms with E-state index >= 15 is 0 Å². The van der Waals surface area contributed by atoms with Crippen LogP contribution in [0.25, 0.3) is 5.69 Å². The topological polar surface area (TPSA) is 68.8 Å². The largest absolute Gasteiger partial charge is 0.270 e. The van der Waals surface area contributed by atoms with E-state index in [4.69, 9.17) is 5.84 Å². The van der Waals surface area contributed by atoms with E-state index in [1.54, 1.807) is 17.5 Å². The second kappa shape index (κ2) is 5.77. The molecule has 5 nitrogen and oxygen atoms in total. The first kappa shape index (κ1) is 13.9. The predicted molar refractivity (Wildman–Crippen MR) is 84.3 cm³/mol. The molecule has 1 unspecified atom stereocenters. The van der Waals surface area contributed by atoms with Crippen molar-refractivity contribution in [1.82, 2.24) is 20.4 Å². The van der Waals surface area contributed by atoms with Crippen LogP contribution in [0, 0.1) is 13.8 Å². The summed E-state index contributed by atoms with van der Waals surface area (Å²) in [6.45, 7) is 4.22. The molecule has 3 rings (SSSR count). The van der Waals surface area contributed by atoms with Crippen molar-refractivity contribution in [3.05, 3.63) is 63.6 Å². The fourth-order valence-corrected chi connectivity index (χ4v) is 3.38. The van der Waals surface area contributed by atoms with Crippen molar-refractivity contribution in [1.29, 1.82) is 0 Å². The molecule has 0 bridgehead atoms.